The molecule has 0 saturated heterocycles. The minimum absolute atomic E-state index is 0.653. The molecule has 3 rings (SSSR count). The maximum Gasteiger partial charge on any atom is 0.163 e. The Balaban J connectivity index is 2.19. The Morgan fingerprint density at radius 3 is 2.52 bits per heavy atom. The lowest BCUT2D eigenvalue weighted by molar-refractivity contribution is 0.356. The minimum Gasteiger partial charge on any atom is -0.493 e. The lowest BCUT2D eigenvalue weighted by Gasteiger charge is -2.06. The fourth-order valence-electron chi connectivity index (χ4n) is 2.35. The molecule has 0 radical (unpaired) electrons. The lowest BCUT2D eigenvalue weighted by atomic mass is 10.1. The van der Waals surface area contributed by atoms with E-state index in [1.54, 1.807) is 14.2 Å². The number of nitrogens with zero attached hydrogens (tertiary/aromatic N) is 1. The van der Waals surface area contributed by atoms with Crippen molar-refractivity contribution in [3.63, 3.8) is 0 Å². The van der Waals surface area contributed by atoms with Gasteiger partial charge in [-0.15, -0.1) is 0 Å². The van der Waals surface area contributed by atoms with Crippen molar-refractivity contribution in [3.05, 3.63) is 35.9 Å². The number of methoxy groups -OCH3 is 2. The molecule has 0 aliphatic carbocycles. The Bertz CT molecular complexity index is 768. The normalized spacial score (nSPS) is 10.8. The number of rotatable bonds is 3. The Hall–Kier alpha value is -2.69. The van der Waals surface area contributed by atoms with Gasteiger partial charge in [-0.1, -0.05) is 12.1 Å². The Labute approximate surface area is 122 Å². The van der Waals surface area contributed by atoms with Gasteiger partial charge in [-0.2, -0.15) is 0 Å². The number of para-hydroxylation sites is 1. The van der Waals surface area contributed by atoms with Crippen LogP contribution in [0.5, 0.6) is 11.5 Å². The maximum absolute atomic E-state index is 6.14. The van der Waals surface area contributed by atoms with E-state index in [0.29, 0.717) is 11.5 Å². The highest BCUT2D eigenvalue weighted by atomic mass is 16.5. The van der Waals surface area contributed by atoms with Crippen molar-refractivity contribution in [3.8, 4) is 22.9 Å². The van der Waals surface area contributed by atoms with Crippen molar-refractivity contribution in [1.29, 1.82) is 0 Å². The van der Waals surface area contributed by atoms with Crippen molar-refractivity contribution in [2.75, 3.05) is 20.0 Å². The van der Waals surface area contributed by atoms with Crippen LogP contribution in [0.1, 0.15) is 5.56 Å². The van der Waals surface area contributed by atoms with Gasteiger partial charge in [0, 0.05) is 23.4 Å². The molecule has 0 aliphatic rings. The van der Waals surface area contributed by atoms with Crippen molar-refractivity contribution in [2.45, 2.75) is 6.92 Å². The zero-order valence-corrected chi connectivity index (χ0v) is 12.2. The number of fused-ring (bicyclic) bond motifs is 1. The quantitative estimate of drug-likeness (QED) is 0.724. The summed E-state index contributed by atoms with van der Waals surface area (Å²) in [5.41, 5.74) is 10.5. The fourth-order valence-corrected chi connectivity index (χ4v) is 2.35. The van der Waals surface area contributed by atoms with Gasteiger partial charge in [-0.3, -0.25) is 0 Å². The van der Waals surface area contributed by atoms with Crippen LogP contribution in [0.4, 0.5) is 5.69 Å². The Kier molecular flexibility index (Phi) is 3.17. The number of H-pyrrole nitrogens is 1. The molecule has 0 fully saturated rings. The first kappa shape index (κ1) is 13.3. The first-order valence-electron chi connectivity index (χ1n) is 6.61. The van der Waals surface area contributed by atoms with Gasteiger partial charge in [0.1, 0.15) is 5.82 Å². The third-order valence-electron chi connectivity index (χ3n) is 3.57. The third-order valence-corrected chi connectivity index (χ3v) is 3.57. The highest BCUT2D eigenvalue weighted by molar-refractivity contribution is 5.85. The van der Waals surface area contributed by atoms with Crippen LogP contribution in [0.2, 0.25) is 0 Å². The van der Waals surface area contributed by atoms with Crippen molar-refractivity contribution >= 4 is 16.7 Å². The number of nitrogens with two attached hydrogens (primary N) is 1. The summed E-state index contributed by atoms with van der Waals surface area (Å²) in [7, 11) is 3.22. The molecule has 0 aliphatic heterocycles. The molecule has 5 heteroatoms. The largest absolute Gasteiger partial charge is 0.493 e. The molecular formula is C16H17N3O2. The minimum atomic E-state index is 0.653. The number of aromatic amines is 1. The van der Waals surface area contributed by atoms with Crippen LogP contribution in [0.25, 0.3) is 22.4 Å². The van der Waals surface area contributed by atoms with Crippen LogP contribution in [0, 0.1) is 6.92 Å². The molecule has 0 atom stereocenters. The van der Waals surface area contributed by atoms with Crippen LogP contribution in [-0.2, 0) is 0 Å². The molecule has 21 heavy (non-hydrogen) atoms. The van der Waals surface area contributed by atoms with Gasteiger partial charge in [0.2, 0.25) is 0 Å². The molecule has 0 amide bonds. The number of aryl methyl sites for hydroxylation is 1. The van der Waals surface area contributed by atoms with Crippen LogP contribution in [-0.4, -0.2) is 24.2 Å². The summed E-state index contributed by atoms with van der Waals surface area (Å²) < 4.78 is 10.6. The van der Waals surface area contributed by atoms with Gasteiger partial charge < -0.3 is 20.2 Å². The molecule has 0 spiro atoms. The van der Waals surface area contributed by atoms with Gasteiger partial charge in [-0.05, 0) is 18.6 Å². The molecule has 3 N–H and O–H groups in total. The number of nitrogens with one attached hydrogen (secondary N) is 1. The number of hydrogen-bond donors (Lipinski definition) is 2. The van der Waals surface area contributed by atoms with Gasteiger partial charge in [0.15, 0.2) is 11.5 Å². The summed E-state index contributed by atoms with van der Waals surface area (Å²) in [5.74, 6) is 2.05. The highest BCUT2D eigenvalue weighted by Gasteiger charge is 2.13. The van der Waals surface area contributed by atoms with Crippen molar-refractivity contribution in [1.82, 2.24) is 9.97 Å². The number of nitrogen functional groups attached to an aromatic ring is 1. The van der Waals surface area contributed by atoms with Crippen LogP contribution < -0.4 is 15.2 Å². The summed E-state index contributed by atoms with van der Waals surface area (Å²) in [4.78, 5) is 7.88. The second kappa shape index (κ2) is 5.01. The average molecular weight is 283 g/mol. The number of aromatic nitrogens is 2. The molecule has 108 valence electrons. The molecule has 2 aromatic carbocycles. The summed E-state index contributed by atoms with van der Waals surface area (Å²) in [6.45, 7) is 1.98. The van der Waals surface area contributed by atoms with E-state index in [1.165, 1.54) is 0 Å². The van der Waals surface area contributed by atoms with Crippen LogP contribution in [0.3, 0.4) is 0 Å². The molecule has 5 nitrogen and oxygen atoms in total. The number of benzene rings is 2. The molecular weight excluding hydrogens is 266 g/mol. The molecule has 3 aromatic rings. The predicted octanol–water partition coefficient (Wildman–Crippen LogP) is 3.14. The van der Waals surface area contributed by atoms with Gasteiger partial charge in [0.05, 0.1) is 25.3 Å². The fraction of sp³-hybridized carbons (Fsp3) is 0.188. The van der Waals surface area contributed by atoms with E-state index in [1.807, 2.05) is 37.3 Å². The Morgan fingerprint density at radius 2 is 1.81 bits per heavy atom. The average Bonchev–Trinajstić information content (AvgIpc) is 2.90. The highest BCUT2D eigenvalue weighted by Crippen LogP contribution is 2.33. The van der Waals surface area contributed by atoms with Crippen LogP contribution >= 0.6 is 0 Å². The standard InChI is InChI=1S/C16H17N3O2/c1-9-5-4-6-10(15(9)17)16-18-11-7-13(20-2)14(21-3)8-12(11)19-16/h4-8H,17H2,1-3H3,(H,18,19). The SMILES string of the molecule is COc1cc2nc(-c3cccc(C)c3N)[nH]c2cc1OC. The second-order valence-electron chi connectivity index (χ2n) is 4.85. The predicted molar refractivity (Wildman–Crippen MR) is 83.8 cm³/mol. The smallest absolute Gasteiger partial charge is 0.163 e. The molecule has 1 aromatic heterocycles. The van der Waals surface area contributed by atoms with Crippen molar-refractivity contribution in [2.24, 2.45) is 0 Å². The molecule has 0 unspecified atom stereocenters. The van der Waals surface area contributed by atoms with Gasteiger partial charge >= 0.3 is 0 Å². The van der Waals surface area contributed by atoms with E-state index in [4.69, 9.17) is 15.2 Å². The number of imidazole rings is 1. The van der Waals surface area contributed by atoms with Crippen LogP contribution in [0.15, 0.2) is 30.3 Å². The van der Waals surface area contributed by atoms with Crippen molar-refractivity contribution < 1.29 is 9.47 Å². The summed E-state index contributed by atoms with van der Waals surface area (Å²) in [5, 5.41) is 0. The van der Waals surface area contributed by atoms with E-state index >= 15 is 0 Å². The number of anilines is 1. The van der Waals surface area contributed by atoms with E-state index in [9.17, 15) is 0 Å². The van der Waals surface area contributed by atoms with E-state index in [-0.39, 0.29) is 0 Å². The summed E-state index contributed by atoms with van der Waals surface area (Å²) in [6.07, 6.45) is 0. The summed E-state index contributed by atoms with van der Waals surface area (Å²) in [6, 6.07) is 9.62. The lowest BCUT2D eigenvalue weighted by Crippen LogP contribution is -1.94. The third kappa shape index (κ3) is 2.16. The second-order valence-corrected chi connectivity index (χ2v) is 4.85. The number of ether oxygens (including phenoxy) is 2. The zero-order valence-electron chi connectivity index (χ0n) is 12.2. The zero-order chi connectivity index (χ0) is 15.0. The first-order chi connectivity index (χ1) is 10.1. The molecule has 0 bridgehead atoms. The topological polar surface area (TPSA) is 73.2 Å². The van der Waals surface area contributed by atoms with E-state index < -0.39 is 0 Å². The van der Waals surface area contributed by atoms with E-state index in [2.05, 4.69) is 9.97 Å². The monoisotopic (exact) mass is 283 g/mol. The first-order valence-corrected chi connectivity index (χ1v) is 6.61. The Morgan fingerprint density at radius 1 is 1.10 bits per heavy atom. The number of hydrogen-bond acceptors (Lipinski definition) is 4. The molecule has 0 saturated carbocycles. The maximum atomic E-state index is 6.14. The molecule has 1 heterocycles. The van der Waals surface area contributed by atoms with Gasteiger partial charge in [-0.25, -0.2) is 4.98 Å². The summed E-state index contributed by atoms with van der Waals surface area (Å²) >= 11 is 0. The van der Waals surface area contributed by atoms with Gasteiger partial charge in [0.25, 0.3) is 0 Å². The van der Waals surface area contributed by atoms with E-state index in [0.717, 1.165) is 33.7 Å².